The highest BCUT2D eigenvalue weighted by Crippen LogP contribution is 2.34. The molecule has 1 atom stereocenters. The van der Waals surface area contributed by atoms with Crippen molar-refractivity contribution in [3.63, 3.8) is 0 Å². The van der Waals surface area contributed by atoms with Crippen molar-refractivity contribution < 1.29 is 17.9 Å². The smallest absolute Gasteiger partial charge is 0.188 e. The van der Waals surface area contributed by atoms with Gasteiger partial charge in [-0.1, -0.05) is 25.8 Å². The molecule has 0 fully saturated rings. The van der Waals surface area contributed by atoms with Gasteiger partial charge >= 0.3 is 0 Å². The number of nitrogens with two attached hydrogens (primary N) is 1. The Bertz CT molecular complexity index is 1060. The van der Waals surface area contributed by atoms with Gasteiger partial charge in [-0.2, -0.15) is 0 Å². The fourth-order valence-corrected chi connectivity index (χ4v) is 3.87. The SMILES string of the molecule is C#Cc1c[nH]c2c(C(C)S(=O)(=O)/C(C=NC(C)(C)CO)=C/N)ccc(F)c12.CC. The first-order valence-electron chi connectivity index (χ1n) is 9.17. The monoisotopic (exact) mass is 421 g/mol. The summed E-state index contributed by atoms with van der Waals surface area (Å²) in [4.78, 5) is 6.75. The van der Waals surface area contributed by atoms with Crippen molar-refractivity contribution in [3.05, 3.63) is 46.4 Å². The van der Waals surface area contributed by atoms with E-state index < -0.39 is 26.4 Å². The number of hydrogen-bond donors (Lipinski definition) is 3. The first kappa shape index (κ1) is 24.4. The fraction of sp³-hybridized carbons (Fsp3) is 0.381. The lowest BCUT2D eigenvalue weighted by Crippen LogP contribution is -2.23. The molecule has 0 radical (unpaired) electrons. The van der Waals surface area contributed by atoms with Gasteiger partial charge in [-0.25, -0.2) is 12.8 Å². The number of aromatic amines is 1. The number of terminal acetylenes is 1. The molecule has 4 N–H and O–H groups in total. The number of sulfone groups is 1. The normalized spacial score (nSPS) is 13.8. The molecule has 0 bridgehead atoms. The van der Waals surface area contributed by atoms with Gasteiger partial charge in [0.1, 0.15) is 10.7 Å². The summed E-state index contributed by atoms with van der Waals surface area (Å²) in [6.07, 6.45) is 8.92. The minimum absolute atomic E-state index is 0.172. The van der Waals surface area contributed by atoms with Gasteiger partial charge < -0.3 is 15.8 Å². The van der Waals surface area contributed by atoms with E-state index in [4.69, 9.17) is 12.2 Å². The van der Waals surface area contributed by atoms with E-state index in [9.17, 15) is 17.9 Å². The third kappa shape index (κ3) is 5.05. The Labute approximate surface area is 171 Å². The summed E-state index contributed by atoms with van der Waals surface area (Å²) in [5.74, 6) is 1.84. The standard InChI is InChI=1S/C19H22FN3O3S.C2H6/c1-5-13-9-22-18-15(6-7-16(20)17(13)18)12(2)27(25,26)14(8-21)10-23-19(3,4)11-24;1-2/h1,6-10,12,22,24H,11,21H2,2-4H3;1-2H3/b14-8+,23-10?;. The van der Waals surface area contributed by atoms with E-state index in [-0.39, 0.29) is 16.9 Å². The summed E-state index contributed by atoms with van der Waals surface area (Å²) in [5, 5.41) is 8.40. The van der Waals surface area contributed by atoms with Crippen LogP contribution < -0.4 is 5.73 Å². The number of halogens is 1. The predicted octanol–water partition coefficient (Wildman–Crippen LogP) is 3.43. The van der Waals surface area contributed by atoms with Crippen LogP contribution in [-0.4, -0.2) is 36.9 Å². The average molecular weight is 422 g/mol. The second-order valence-electron chi connectivity index (χ2n) is 6.72. The molecular formula is C21H28FN3O3S. The quantitative estimate of drug-likeness (QED) is 0.490. The molecule has 0 saturated carbocycles. The number of allylic oxidation sites excluding steroid dienone is 1. The average Bonchev–Trinajstić information content (AvgIpc) is 3.14. The Morgan fingerprint density at radius 2 is 2.07 bits per heavy atom. The Kier molecular flexibility index (Phi) is 8.18. The van der Waals surface area contributed by atoms with Crippen LogP contribution in [-0.2, 0) is 9.84 Å². The van der Waals surface area contributed by atoms with Crippen molar-refractivity contribution in [3.8, 4) is 12.3 Å². The fourth-order valence-electron chi connectivity index (χ4n) is 2.54. The predicted molar refractivity (Wildman–Crippen MR) is 117 cm³/mol. The molecule has 6 nitrogen and oxygen atoms in total. The maximum absolute atomic E-state index is 14.2. The molecule has 1 aromatic heterocycles. The molecule has 0 spiro atoms. The Balaban J connectivity index is 0.00000204. The number of fused-ring (bicyclic) bond motifs is 1. The summed E-state index contributed by atoms with van der Waals surface area (Å²) < 4.78 is 40.2. The topological polar surface area (TPSA) is 109 Å². The number of nitrogens with one attached hydrogen (secondary N) is 1. The molecule has 2 rings (SSSR count). The first-order chi connectivity index (χ1) is 13.6. The molecule has 0 aliphatic carbocycles. The largest absolute Gasteiger partial charge is 0.404 e. The number of H-pyrrole nitrogens is 1. The van der Waals surface area contributed by atoms with Gasteiger partial charge in [-0.05, 0) is 32.4 Å². The van der Waals surface area contributed by atoms with Crippen LogP contribution in [0, 0.1) is 18.2 Å². The summed E-state index contributed by atoms with van der Waals surface area (Å²) >= 11 is 0. The summed E-state index contributed by atoms with van der Waals surface area (Å²) in [7, 11) is -3.93. The second-order valence-corrected chi connectivity index (χ2v) is 8.99. The Hall–Kier alpha value is -2.63. The molecule has 1 unspecified atom stereocenters. The van der Waals surface area contributed by atoms with Crippen molar-refractivity contribution in [1.29, 1.82) is 0 Å². The minimum Gasteiger partial charge on any atom is -0.404 e. The van der Waals surface area contributed by atoms with Gasteiger partial charge in [0.25, 0.3) is 0 Å². The van der Waals surface area contributed by atoms with Crippen LogP contribution in [0.4, 0.5) is 4.39 Å². The molecule has 2 aromatic rings. The van der Waals surface area contributed by atoms with Gasteiger partial charge in [0, 0.05) is 18.6 Å². The van der Waals surface area contributed by atoms with Crippen LogP contribution in [0.5, 0.6) is 0 Å². The van der Waals surface area contributed by atoms with E-state index in [1.807, 2.05) is 13.8 Å². The van der Waals surface area contributed by atoms with E-state index >= 15 is 0 Å². The van der Waals surface area contributed by atoms with Crippen LogP contribution in [0.3, 0.4) is 0 Å². The van der Waals surface area contributed by atoms with Crippen molar-refractivity contribution >= 4 is 27.0 Å². The lowest BCUT2D eigenvalue weighted by atomic mass is 10.1. The van der Waals surface area contributed by atoms with E-state index in [1.165, 1.54) is 25.3 Å². The van der Waals surface area contributed by atoms with Gasteiger partial charge in [-0.3, -0.25) is 4.99 Å². The highest BCUT2D eigenvalue weighted by atomic mass is 32.2. The van der Waals surface area contributed by atoms with Gasteiger partial charge in [-0.15, -0.1) is 6.42 Å². The van der Waals surface area contributed by atoms with E-state index in [0.717, 1.165) is 12.4 Å². The van der Waals surface area contributed by atoms with Crippen LogP contribution >= 0.6 is 0 Å². The zero-order valence-electron chi connectivity index (χ0n) is 17.3. The lowest BCUT2D eigenvalue weighted by Gasteiger charge is -2.18. The number of aliphatic hydroxyl groups excluding tert-OH is 1. The number of aliphatic imine (C=N–C) groups is 1. The van der Waals surface area contributed by atoms with Crippen LogP contribution in [0.2, 0.25) is 0 Å². The third-order valence-electron chi connectivity index (χ3n) is 4.30. The van der Waals surface area contributed by atoms with Crippen molar-refractivity contribution in [2.75, 3.05) is 6.61 Å². The van der Waals surface area contributed by atoms with Crippen LogP contribution in [0.15, 0.2) is 34.4 Å². The minimum atomic E-state index is -3.93. The highest BCUT2D eigenvalue weighted by molar-refractivity contribution is 7.96. The number of aromatic nitrogens is 1. The van der Waals surface area contributed by atoms with Crippen LogP contribution in [0.1, 0.15) is 51.0 Å². The maximum Gasteiger partial charge on any atom is 0.188 e. The molecular weight excluding hydrogens is 393 g/mol. The summed E-state index contributed by atoms with van der Waals surface area (Å²) in [6, 6.07) is 2.59. The van der Waals surface area contributed by atoms with Crippen molar-refractivity contribution in [2.45, 2.75) is 45.4 Å². The maximum atomic E-state index is 14.2. The molecule has 1 aromatic carbocycles. The van der Waals surface area contributed by atoms with Crippen molar-refractivity contribution in [1.82, 2.24) is 4.98 Å². The van der Waals surface area contributed by atoms with E-state index in [2.05, 4.69) is 15.9 Å². The number of hydrogen-bond acceptors (Lipinski definition) is 5. The molecule has 8 heteroatoms. The Morgan fingerprint density at radius 3 is 2.59 bits per heavy atom. The summed E-state index contributed by atoms with van der Waals surface area (Å²) in [5.41, 5.74) is 5.67. The van der Waals surface area contributed by atoms with Crippen LogP contribution in [0.25, 0.3) is 10.9 Å². The van der Waals surface area contributed by atoms with E-state index in [0.29, 0.717) is 16.6 Å². The number of nitrogens with zero attached hydrogens (tertiary/aromatic N) is 1. The van der Waals surface area contributed by atoms with E-state index in [1.54, 1.807) is 13.8 Å². The molecule has 0 amide bonds. The Morgan fingerprint density at radius 1 is 1.45 bits per heavy atom. The molecule has 0 aliphatic rings. The summed E-state index contributed by atoms with van der Waals surface area (Å²) in [6.45, 7) is 8.52. The van der Waals surface area contributed by atoms with Gasteiger partial charge in [0.2, 0.25) is 0 Å². The number of benzene rings is 1. The molecule has 1 heterocycles. The zero-order chi connectivity index (χ0) is 22.4. The molecule has 0 aliphatic heterocycles. The highest BCUT2D eigenvalue weighted by Gasteiger charge is 2.29. The molecule has 0 saturated heterocycles. The third-order valence-corrected chi connectivity index (χ3v) is 6.38. The van der Waals surface area contributed by atoms with Crippen molar-refractivity contribution in [2.24, 2.45) is 10.7 Å². The zero-order valence-corrected chi connectivity index (χ0v) is 18.1. The molecule has 29 heavy (non-hydrogen) atoms. The lowest BCUT2D eigenvalue weighted by molar-refractivity contribution is 0.223. The van der Waals surface area contributed by atoms with Gasteiger partial charge in [0.15, 0.2) is 9.84 Å². The molecule has 158 valence electrons. The second kappa shape index (κ2) is 9.72. The van der Waals surface area contributed by atoms with Gasteiger partial charge in [0.05, 0.1) is 33.9 Å². The first-order valence-corrected chi connectivity index (χ1v) is 10.7. The number of rotatable bonds is 6. The number of aliphatic hydroxyl groups is 1.